The summed E-state index contributed by atoms with van der Waals surface area (Å²) < 4.78 is 28.9. The van der Waals surface area contributed by atoms with Gasteiger partial charge in [0.25, 0.3) is 5.56 Å². The Kier molecular flexibility index (Phi) is 5.89. The normalized spacial score (nSPS) is 16.0. The zero-order valence-electron chi connectivity index (χ0n) is 17.2. The van der Waals surface area contributed by atoms with Gasteiger partial charge >= 0.3 is 0 Å². The van der Waals surface area contributed by atoms with Gasteiger partial charge in [-0.1, -0.05) is 17.7 Å². The Bertz CT molecular complexity index is 1140. The van der Waals surface area contributed by atoms with Gasteiger partial charge in [0.1, 0.15) is 11.6 Å². The Labute approximate surface area is 171 Å². The van der Waals surface area contributed by atoms with Crippen molar-refractivity contribution in [2.45, 2.75) is 39.3 Å². The van der Waals surface area contributed by atoms with E-state index in [1.807, 2.05) is 32.0 Å². The molecule has 0 radical (unpaired) electrons. The molecule has 1 fully saturated rings. The molecule has 1 aliphatic heterocycles. The van der Waals surface area contributed by atoms with Crippen LogP contribution in [0, 0.1) is 39.0 Å². The molecule has 1 aliphatic rings. The van der Waals surface area contributed by atoms with Gasteiger partial charge in [-0.05, 0) is 44.9 Å². The third-order valence-electron chi connectivity index (χ3n) is 5.50. The molecule has 9 heteroatoms. The summed E-state index contributed by atoms with van der Waals surface area (Å²) in [5, 5.41) is 13.6. The van der Waals surface area contributed by atoms with Crippen molar-refractivity contribution in [2.24, 2.45) is 0 Å². The molecule has 154 valence electrons. The van der Waals surface area contributed by atoms with Gasteiger partial charge < -0.3 is 4.90 Å². The fraction of sp³-hybridized carbons (Fsp3) is 0.450. The van der Waals surface area contributed by atoms with Crippen LogP contribution in [0.3, 0.4) is 0 Å². The predicted octanol–water partition coefficient (Wildman–Crippen LogP) is -0.104. The van der Waals surface area contributed by atoms with E-state index >= 15 is 0 Å². The van der Waals surface area contributed by atoms with E-state index < -0.39 is 15.6 Å². The summed E-state index contributed by atoms with van der Waals surface area (Å²) in [6.07, 6.45) is 0. The number of sulfonamides is 1. The van der Waals surface area contributed by atoms with Crippen LogP contribution < -0.4 is 10.5 Å². The smallest absolute Gasteiger partial charge is 0.289 e. The third-order valence-corrected chi connectivity index (χ3v) is 7.56. The lowest BCUT2D eigenvalue weighted by Crippen LogP contribution is -3.14. The zero-order chi connectivity index (χ0) is 21.3. The van der Waals surface area contributed by atoms with Crippen molar-refractivity contribution in [3.05, 3.63) is 56.5 Å². The fourth-order valence-corrected chi connectivity index (χ4v) is 5.30. The fourth-order valence-electron chi connectivity index (χ4n) is 3.65. The number of benzene rings is 1. The topological polar surface area (TPSA) is 100 Å². The molecular formula is C20H26N5O3S+. The van der Waals surface area contributed by atoms with Crippen molar-refractivity contribution >= 4 is 10.0 Å². The van der Waals surface area contributed by atoms with Gasteiger partial charge in [0, 0.05) is 0 Å². The molecule has 0 bridgehead atoms. The molecule has 0 saturated carbocycles. The monoisotopic (exact) mass is 416 g/mol. The van der Waals surface area contributed by atoms with Crippen LogP contribution in [0.5, 0.6) is 0 Å². The molecule has 1 aromatic heterocycles. The van der Waals surface area contributed by atoms with Crippen LogP contribution in [0.4, 0.5) is 0 Å². The molecule has 3 rings (SSSR count). The van der Waals surface area contributed by atoms with E-state index in [9.17, 15) is 18.5 Å². The summed E-state index contributed by atoms with van der Waals surface area (Å²) in [5.74, 6) is 0. The summed E-state index contributed by atoms with van der Waals surface area (Å²) in [6.45, 7) is 9.42. The molecule has 8 nitrogen and oxygen atoms in total. The van der Waals surface area contributed by atoms with E-state index in [1.54, 1.807) is 19.9 Å². The first-order valence-corrected chi connectivity index (χ1v) is 11.0. The van der Waals surface area contributed by atoms with Crippen molar-refractivity contribution in [3.63, 3.8) is 0 Å². The van der Waals surface area contributed by atoms with Crippen LogP contribution in [0.15, 0.2) is 27.9 Å². The lowest BCUT2D eigenvalue weighted by molar-refractivity contribution is -0.927. The maximum Gasteiger partial charge on any atom is 0.289 e. The molecule has 2 heterocycles. The van der Waals surface area contributed by atoms with E-state index in [4.69, 9.17) is 0 Å². The number of nitriles is 1. The molecule has 0 amide bonds. The average molecular weight is 417 g/mol. The Hall–Kier alpha value is -2.54. The number of piperazine rings is 1. The summed E-state index contributed by atoms with van der Waals surface area (Å²) >= 11 is 0. The Morgan fingerprint density at radius 1 is 1.17 bits per heavy atom. The highest BCUT2D eigenvalue weighted by Gasteiger charge is 2.31. The molecule has 1 saturated heterocycles. The molecule has 0 spiro atoms. The molecule has 0 unspecified atom stereocenters. The maximum absolute atomic E-state index is 13.0. The minimum absolute atomic E-state index is 0.118. The second kappa shape index (κ2) is 8.06. The van der Waals surface area contributed by atoms with Crippen molar-refractivity contribution in [2.75, 3.05) is 26.2 Å². The highest BCUT2D eigenvalue weighted by Crippen LogP contribution is 2.20. The van der Waals surface area contributed by atoms with E-state index in [1.165, 1.54) is 8.99 Å². The Morgan fingerprint density at radius 2 is 1.83 bits per heavy atom. The van der Waals surface area contributed by atoms with Crippen LogP contribution in [0.1, 0.15) is 27.9 Å². The number of hydrogen-bond donors (Lipinski definition) is 1. The first kappa shape index (κ1) is 21.2. The summed E-state index contributed by atoms with van der Waals surface area (Å²) in [4.78, 5) is 13.9. The van der Waals surface area contributed by atoms with Crippen LogP contribution >= 0.6 is 0 Å². The first-order chi connectivity index (χ1) is 13.6. The van der Waals surface area contributed by atoms with Crippen molar-refractivity contribution < 1.29 is 13.3 Å². The highest BCUT2D eigenvalue weighted by molar-refractivity contribution is 7.89. The van der Waals surface area contributed by atoms with Crippen LogP contribution in [0.25, 0.3) is 0 Å². The zero-order valence-corrected chi connectivity index (χ0v) is 18.0. The number of nitrogens with one attached hydrogen (secondary N) is 1. The lowest BCUT2D eigenvalue weighted by Gasteiger charge is -2.31. The van der Waals surface area contributed by atoms with Gasteiger partial charge in [-0.15, -0.1) is 0 Å². The van der Waals surface area contributed by atoms with Gasteiger partial charge in [0.2, 0.25) is 10.0 Å². The molecule has 29 heavy (non-hydrogen) atoms. The average Bonchev–Trinajstić information content (AvgIpc) is 2.67. The lowest BCUT2D eigenvalue weighted by atomic mass is 10.1. The van der Waals surface area contributed by atoms with E-state index in [0.29, 0.717) is 49.0 Å². The predicted molar refractivity (Wildman–Crippen MR) is 108 cm³/mol. The second-order valence-electron chi connectivity index (χ2n) is 7.58. The minimum Gasteiger partial charge on any atom is -0.314 e. The third kappa shape index (κ3) is 4.10. The second-order valence-corrected chi connectivity index (χ2v) is 9.49. The van der Waals surface area contributed by atoms with Gasteiger partial charge in [-0.3, -0.25) is 4.79 Å². The van der Waals surface area contributed by atoms with Crippen LogP contribution in [0.2, 0.25) is 0 Å². The first-order valence-electron chi connectivity index (χ1n) is 9.54. The van der Waals surface area contributed by atoms with Crippen molar-refractivity contribution in [3.8, 4) is 6.07 Å². The summed E-state index contributed by atoms with van der Waals surface area (Å²) in [7, 11) is -3.54. The van der Waals surface area contributed by atoms with E-state index in [2.05, 4.69) is 5.10 Å². The minimum atomic E-state index is -3.54. The summed E-state index contributed by atoms with van der Waals surface area (Å²) in [5.41, 5.74) is 2.75. The van der Waals surface area contributed by atoms with Crippen molar-refractivity contribution in [1.29, 1.82) is 5.26 Å². The van der Waals surface area contributed by atoms with E-state index in [0.717, 1.165) is 16.0 Å². The number of aryl methyl sites for hydroxylation is 3. The Morgan fingerprint density at radius 3 is 2.41 bits per heavy atom. The number of hydrogen-bond acceptors (Lipinski definition) is 5. The van der Waals surface area contributed by atoms with Gasteiger partial charge in [-0.25, -0.2) is 8.42 Å². The van der Waals surface area contributed by atoms with E-state index in [-0.39, 0.29) is 5.56 Å². The number of quaternary nitrogens is 1. The number of rotatable bonds is 4. The molecule has 1 N–H and O–H groups in total. The summed E-state index contributed by atoms with van der Waals surface area (Å²) in [6, 6.07) is 7.32. The molecule has 2 aromatic rings. The van der Waals surface area contributed by atoms with Crippen LogP contribution in [-0.4, -0.2) is 48.7 Å². The van der Waals surface area contributed by atoms with Gasteiger partial charge in [0.15, 0.2) is 6.67 Å². The van der Waals surface area contributed by atoms with Gasteiger partial charge in [-0.2, -0.15) is 19.3 Å². The quantitative estimate of drug-likeness (QED) is 0.750. The maximum atomic E-state index is 13.0. The molecule has 0 atom stereocenters. The standard InChI is InChI=1S/C20H25N5O3S/c1-14-5-6-19(15(2)11-14)29(27,28)24-9-7-23(8-10-24)13-25-20(26)18(12-21)16(3)17(4)22-25/h5-6,11H,7-10,13H2,1-4H3/p+1. The SMILES string of the molecule is Cc1ccc(S(=O)(=O)N2CC[NH+](Cn3nc(C)c(C)c(C#N)c3=O)CC2)c(C)c1. The molecular weight excluding hydrogens is 390 g/mol. The van der Waals surface area contributed by atoms with Gasteiger partial charge in [0.05, 0.1) is 36.8 Å². The van der Waals surface area contributed by atoms with Crippen molar-refractivity contribution in [1.82, 2.24) is 14.1 Å². The molecule has 0 aliphatic carbocycles. The molecule has 1 aromatic carbocycles. The number of aromatic nitrogens is 2. The Balaban J connectivity index is 1.74. The highest BCUT2D eigenvalue weighted by atomic mass is 32.2. The largest absolute Gasteiger partial charge is 0.314 e. The van der Waals surface area contributed by atoms with Crippen LogP contribution in [-0.2, 0) is 16.7 Å². The number of nitrogens with zero attached hydrogens (tertiary/aromatic N) is 4.